The highest BCUT2D eigenvalue weighted by Gasteiger charge is 2.12. The van der Waals surface area contributed by atoms with Gasteiger partial charge in [-0.3, -0.25) is 9.59 Å². The van der Waals surface area contributed by atoms with Crippen LogP contribution in [0, 0.1) is 0 Å². The van der Waals surface area contributed by atoms with Crippen molar-refractivity contribution in [2.75, 3.05) is 12.3 Å². The highest BCUT2D eigenvalue weighted by Crippen LogP contribution is 2.11. The van der Waals surface area contributed by atoms with Gasteiger partial charge >= 0.3 is 5.97 Å². The first-order chi connectivity index (χ1) is 7.99. The van der Waals surface area contributed by atoms with Crippen molar-refractivity contribution >= 4 is 28.3 Å². The predicted molar refractivity (Wildman–Crippen MR) is 63.5 cm³/mol. The van der Waals surface area contributed by atoms with Gasteiger partial charge in [-0.15, -0.1) is 11.3 Å². The number of aliphatic carboxylic acids is 1. The zero-order valence-corrected chi connectivity index (χ0v) is 9.87. The van der Waals surface area contributed by atoms with Crippen molar-refractivity contribution in [3.63, 3.8) is 0 Å². The quantitative estimate of drug-likeness (QED) is 0.527. The average molecular weight is 258 g/mol. The molecule has 1 heterocycles. The van der Waals surface area contributed by atoms with Crippen LogP contribution in [0.3, 0.4) is 0 Å². The van der Waals surface area contributed by atoms with Crippen molar-refractivity contribution in [2.24, 2.45) is 5.73 Å². The topological polar surface area (TPSA) is 131 Å². The van der Waals surface area contributed by atoms with Gasteiger partial charge in [-0.25, -0.2) is 4.98 Å². The molecule has 0 unspecified atom stereocenters. The zero-order chi connectivity index (χ0) is 12.8. The monoisotopic (exact) mass is 258 g/mol. The van der Waals surface area contributed by atoms with Crippen molar-refractivity contribution in [3.05, 3.63) is 11.1 Å². The number of carboxylic acid groups (broad SMARTS) is 1. The van der Waals surface area contributed by atoms with Crippen LogP contribution < -0.4 is 16.8 Å². The minimum Gasteiger partial charge on any atom is -0.480 e. The van der Waals surface area contributed by atoms with E-state index in [1.165, 1.54) is 11.3 Å². The molecule has 0 saturated carbocycles. The molecule has 0 aliphatic heterocycles. The number of carboxylic acids is 1. The molecule has 1 aromatic heterocycles. The molecule has 94 valence electrons. The van der Waals surface area contributed by atoms with Crippen molar-refractivity contribution in [2.45, 2.75) is 18.9 Å². The third kappa shape index (κ3) is 4.79. The number of hydrogen-bond acceptors (Lipinski definition) is 6. The maximum atomic E-state index is 11.4. The number of amides is 1. The smallest absolute Gasteiger partial charge is 0.320 e. The van der Waals surface area contributed by atoms with Crippen LogP contribution in [0.1, 0.15) is 12.1 Å². The van der Waals surface area contributed by atoms with Crippen LogP contribution in [0.2, 0.25) is 0 Å². The predicted octanol–water partition coefficient (Wildman–Crippen LogP) is -0.814. The molecule has 8 heteroatoms. The molecule has 1 rings (SSSR count). The second-order valence-corrected chi connectivity index (χ2v) is 4.33. The summed E-state index contributed by atoms with van der Waals surface area (Å²) in [5.41, 5.74) is 11.3. The highest BCUT2D eigenvalue weighted by atomic mass is 32.1. The van der Waals surface area contributed by atoms with Gasteiger partial charge in [0.05, 0.1) is 12.1 Å². The zero-order valence-electron chi connectivity index (χ0n) is 9.05. The minimum atomic E-state index is -1.08. The maximum Gasteiger partial charge on any atom is 0.320 e. The fraction of sp³-hybridized carbons (Fsp3) is 0.444. The molecule has 1 atom stereocenters. The van der Waals surface area contributed by atoms with Crippen molar-refractivity contribution in [1.82, 2.24) is 10.3 Å². The van der Waals surface area contributed by atoms with Gasteiger partial charge in [-0.1, -0.05) is 0 Å². The van der Waals surface area contributed by atoms with Crippen LogP contribution >= 0.6 is 11.3 Å². The van der Waals surface area contributed by atoms with E-state index in [-0.39, 0.29) is 25.3 Å². The number of carbonyl (C=O) groups is 2. The number of rotatable bonds is 6. The van der Waals surface area contributed by atoms with Gasteiger partial charge in [-0.2, -0.15) is 0 Å². The average Bonchev–Trinajstić information content (AvgIpc) is 2.63. The molecule has 0 aliphatic rings. The van der Waals surface area contributed by atoms with Crippen LogP contribution in [0.5, 0.6) is 0 Å². The van der Waals surface area contributed by atoms with Gasteiger partial charge in [0, 0.05) is 11.9 Å². The lowest BCUT2D eigenvalue weighted by atomic mass is 10.2. The van der Waals surface area contributed by atoms with E-state index in [4.69, 9.17) is 16.6 Å². The minimum absolute atomic E-state index is 0.135. The SMILES string of the molecule is Nc1nc(CC(=O)NCC[C@H](N)C(=O)O)cs1. The van der Waals surface area contributed by atoms with E-state index >= 15 is 0 Å². The molecule has 0 aromatic carbocycles. The van der Waals surface area contributed by atoms with Crippen LogP contribution in [-0.4, -0.2) is 34.6 Å². The van der Waals surface area contributed by atoms with E-state index in [0.717, 1.165) is 0 Å². The molecule has 0 spiro atoms. The highest BCUT2D eigenvalue weighted by molar-refractivity contribution is 7.13. The number of nitrogens with two attached hydrogens (primary N) is 2. The summed E-state index contributed by atoms with van der Waals surface area (Å²) < 4.78 is 0. The maximum absolute atomic E-state index is 11.4. The Labute approximate surface area is 102 Å². The Bertz CT molecular complexity index is 407. The largest absolute Gasteiger partial charge is 0.480 e. The summed E-state index contributed by atoms with van der Waals surface area (Å²) in [4.78, 5) is 25.7. The molecule has 0 aliphatic carbocycles. The number of nitrogens with zero attached hydrogens (tertiary/aromatic N) is 1. The number of nitrogen functional groups attached to an aromatic ring is 1. The van der Waals surface area contributed by atoms with E-state index in [9.17, 15) is 9.59 Å². The molecule has 17 heavy (non-hydrogen) atoms. The third-order valence-corrected chi connectivity index (χ3v) is 2.73. The summed E-state index contributed by atoms with van der Waals surface area (Å²) in [5, 5.41) is 13.2. The number of hydrogen-bond donors (Lipinski definition) is 4. The molecule has 6 N–H and O–H groups in total. The summed E-state index contributed by atoms with van der Waals surface area (Å²) in [7, 11) is 0. The second-order valence-electron chi connectivity index (χ2n) is 3.44. The van der Waals surface area contributed by atoms with Crippen molar-refractivity contribution < 1.29 is 14.7 Å². The summed E-state index contributed by atoms with van der Waals surface area (Å²) in [6.07, 6.45) is 0.330. The number of nitrogens with one attached hydrogen (secondary N) is 1. The number of anilines is 1. The molecular formula is C9H14N4O3S. The first-order valence-corrected chi connectivity index (χ1v) is 5.82. The van der Waals surface area contributed by atoms with E-state index in [2.05, 4.69) is 10.3 Å². The Morgan fingerprint density at radius 3 is 2.82 bits per heavy atom. The van der Waals surface area contributed by atoms with Crippen LogP contribution in [0.15, 0.2) is 5.38 Å². The van der Waals surface area contributed by atoms with E-state index in [1.807, 2.05) is 0 Å². The molecule has 1 aromatic rings. The van der Waals surface area contributed by atoms with Gasteiger partial charge in [0.15, 0.2) is 5.13 Å². The van der Waals surface area contributed by atoms with Gasteiger partial charge < -0.3 is 21.9 Å². The standard InChI is InChI=1S/C9H14N4O3S/c10-6(8(15)16)1-2-12-7(14)3-5-4-17-9(11)13-5/h4,6H,1-3,10H2,(H2,11,13)(H,12,14)(H,15,16)/t6-/m0/s1. The molecular weight excluding hydrogens is 244 g/mol. The Kier molecular flexibility index (Phi) is 4.85. The van der Waals surface area contributed by atoms with Gasteiger partial charge in [0.2, 0.25) is 5.91 Å². The Morgan fingerprint density at radius 2 is 2.29 bits per heavy atom. The molecule has 7 nitrogen and oxygen atoms in total. The fourth-order valence-corrected chi connectivity index (χ4v) is 1.68. The molecule has 0 bridgehead atoms. The van der Waals surface area contributed by atoms with E-state index < -0.39 is 12.0 Å². The Hall–Kier alpha value is -1.67. The molecule has 0 fully saturated rings. The number of aromatic nitrogens is 1. The van der Waals surface area contributed by atoms with Crippen LogP contribution in [-0.2, 0) is 16.0 Å². The third-order valence-electron chi connectivity index (χ3n) is 2.01. The lowest BCUT2D eigenvalue weighted by molar-refractivity contribution is -0.138. The lowest BCUT2D eigenvalue weighted by Gasteiger charge is -2.07. The Balaban J connectivity index is 2.24. The summed E-state index contributed by atoms with van der Waals surface area (Å²) in [6, 6.07) is -0.954. The molecule has 0 radical (unpaired) electrons. The van der Waals surface area contributed by atoms with Crippen molar-refractivity contribution in [3.8, 4) is 0 Å². The van der Waals surface area contributed by atoms with E-state index in [0.29, 0.717) is 10.8 Å². The first-order valence-electron chi connectivity index (χ1n) is 4.94. The number of thiazole rings is 1. The summed E-state index contributed by atoms with van der Waals surface area (Å²) >= 11 is 1.27. The fourth-order valence-electron chi connectivity index (χ4n) is 1.12. The van der Waals surface area contributed by atoms with E-state index in [1.54, 1.807) is 5.38 Å². The second kappa shape index (κ2) is 6.16. The van der Waals surface area contributed by atoms with Gasteiger partial charge in [0.1, 0.15) is 6.04 Å². The first kappa shape index (κ1) is 13.4. The lowest BCUT2D eigenvalue weighted by Crippen LogP contribution is -2.35. The van der Waals surface area contributed by atoms with Crippen LogP contribution in [0.25, 0.3) is 0 Å². The van der Waals surface area contributed by atoms with Crippen molar-refractivity contribution in [1.29, 1.82) is 0 Å². The van der Waals surface area contributed by atoms with Crippen LogP contribution in [0.4, 0.5) is 5.13 Å². The Morgan fingerprint density at radius 1 is 1.59 bits per heavy atom. The molecule has 1 amide bonds. The molecule has 0 saturated heterocycles. The summed E-state index contributed by atoms with van der Waals surface area (Å²) in [5.74, 6) is -1.31. The number of carbonyl (C=O) groups excluding carboxylic acids is 1. The van der Waals surface area contributed by atoms with Gasteiger partial charge in [-0.05, 0) is 6.42 Å². The normalized spacial score (nSPS) is 12.1. The summed E-state index contributed by atoms with van der Waals surface area (Å²) in [6.45, 7) is 0.228. The van der Waals surface area contributed by atoms with Gasteiger partial charge in [0.25, 0.3) is 0 Å².